The summed E-state index contributed by atoms with van der Waals surface area (Å²) in [4.78, 5) is 0. The van der Waals surface area contributed by atoms with E-state index in [1.807, 2.05) is 0 Å². The Labute approximate surface area is 165 Å². The average molecular weight is 462 g/mol. The van der Waals surface area contributed by atoms with Gasteiger partial charge in [0.05, 0.1) is 0 Å². The zero-order valence-corrected chi connectivity index (χ0v) is 21.8. The molecule has 0 atom stereocenters. The Morgan fingerprint density at radius 1 is 0.480 bits per heavy atom. The molecular weight excluding hydrogens is 413 g/mol. The first kappa shape index (κ1) is 25.7. The van der Waals surface area contributed by atoms with E-state index in [4.69, 9.17) is 0 Å². The van der Waals surface area contributed by atoms with E-state index in [9.17, 15) is 0 Å². The van der Waals surface area contributed by atoms with Crippen LogP contribution in [0.15, 0.2) is 0 Å². The molecule has 0 aromatic rings. The van der Waals surface area contributed by atoms with Crippen LogP contribution in [0.2, 0.25) is 3.93 Å². The van der Waals surface area contributed by atoms with Gasteiger partial charge in [0.1, 0.15) is 0 Å². The Morgan fingerprint density at radius 2 is 0.680 bits per heavy atom. The molecule has 0 N–H and O–H groups in total. The fraction of sp³-hybridized carbons (Fsp3) is 1.00. The van der Waals surface area contributed by atoms with Gasteiger partial charge in [0.2, 0.25) is 0 Å². The van der Waals surface area contributed by atoms with Gasteiger partial charge in [0.15, 0.2) is 0 Å². The van der Waals surface area contributed by atoms with Crippen molar-refractivity contribution in [1.82, 2.24) is 9.36 Å². The van der Waals surface area contributed by atoms with Crippen LogP contribution < -0.4 is 0 Å². The van der Waals surface area contributed by atoms with Crippen molar-refractivity contribution in [3.63, 3.8) is 0 Å². The van der Waals surface area contributed by atoms with Crippen LogP contribution >= 0.6 is 0 Å². The molecule has 0 saturated heterocycles. The van der Waals surface area contributed by atoms with Crippen LogP contribution in [0.4, 0.5) is 0 Å². The molecule has 0 aromatic carbocycles. The first-order valence-electron chi connectivity index (χ1n) is 11.3. The quantitative estimate of drug-likeness (QED) is 0.273. The van der Waals surface area contributed by atoms with E-state index in [0.717, 1.165) is 3.93 Å². The summed E-state index contributed by atoms with van der Waals surface area (Å²) in [6.45, 7) is 27.0. The fourth-order valence-electron chi connectivity index (χ4n) is 4.64. The Kier molecular flexibility index (Phi) is 15.1. The van der Waals surface area contributed by atoms with Gasteiger partial charge < -0.3 is 0 Å². The minimum atomic E-state index is -2.88. The van der Waals surface area contributed by atoms with Crippen LogP contribution in [-0.2, 0) is 0 Å². The average Bonchev–Trinajstić information content (AvgIpc) is 2.56. The van der Waals surface area contributed by atoms with Crippen molar-refractivity contribution in [3.8, 4) is 0 Å². The van der Waals surface area contributed by atoms with Gasteiger partial charge in [-0.15, -0.1) is 0 Å². The second kappa shape index (κ2) is 14.7. The van der Waals surface area contributed by atoms with E-state index in [2.05, 4.69) is 64.8 Å². The van der Waals surface area contributed by atoms with Crippen molar-refractivity contribution < 1.29 is 0 Å². The Bertz CT molecular complexity index is 251. The van der Waals surface area contributed by atoms with Gasteiger partial charge in [-0.05, 0) is 0 Å². The third-order valence-electron chi connectivity index (χ3n) is 5.13. The van der Waals surface area contributed by atoms with Gasteiger partial charge in [-0.3, -0.25) is 0 Å². The van der Waals surface area contributed by atoms with Crippen LogP contribution in [0.1, 0.15) is 93.9 Å². The molecule has 0 aliphatic rings. The molecule has 0 rings (SSSR count). The molecule has 3 nitrogen and oxygen atoms in total. The van der Waals surface area contributed by atoms with Crippen molar-refractivity contribution >= 4 is 19.2 Å². The molecule has 0 spiro atoms. The molecule has 0 fully saturated rings. The molecular formula is C21H49N3Sn. The van der Waals surface area contributed by atoms with E-state index >= 15 is 0 Å². The number of hydrogen-bond donors (Lipinski definition) is 0. The topological polar surface area (TPSA) is 9.72 Å². The van der Waals surface area contributed by atoms with E-state index < -0.39 is 19.2 Å². The maximum absolute atomic E-state index is 3.04. The molecule has 0 unspecified atom stereocenters. The molecule has 0 aliphatic heterocycles. The minimum absolute atomic E-state index is 0.795. The van der Waals surface area contributed by atoms with Crippen LogP contribution in [0.3, 0.4) is 0 Å². The van der Waals surface area contributed by atoms with Gasteiger partial charge in [-0.2, -0.15) is 0 Å². The molecule has 0 radical (unpaired) electrons. The summed E-state index contributed by atoms with van der Waals surface area (Å²) in [5.41, 5.74) is 0. The van der Waals surface area contributed by atoms with E-state index in [1.54, 1.807) is 0 Å². The summed E-state index contributed by atoms with van der Waals surface area (Å²) in [5, 5.41) is 0. The SMILES string of the molecule is CCC[N](CCC)[Sn]([CH](C)C)([N](CCC)CCC)[N](CCC)CCC. The van der Waals surface area contributed by atoms with Gasteiger partial charge in [-0.1, -0.05) is 0 Å². The summed E-state index contributed by atoms with van der Waals surface area (Å²) in [7, 11) is 0. The van der Waals surface area contributed by atoms with Crippen molar-refractivity contribution in [2.75, 3.05) is 39.3 Å². The molecule has 25 heavy (non-hydrogen) atoms. The Hall–Kier alpha value is 0.679. The Balaban J connectivity index is 6.26. The van der Waals surface area contributed by atoms with Gasteiger partial charge in [0, 0.05) is 0 Å². The van der Waals surface area contributed by atoms with E-state index in [0.29, 0.717) is 0 Å². The molecule has 0 aliphatic carbocycles. The summed E-state index contributed by atoms with van der Waals surface area (Å²) in [6, 6.07) is 0. The number of hydrogen-bond acceptors (Lipinski definition) is 3. The number of nitrogens with zero attached hydrogens (tertiary/aromatic N) is 3. The molecule has 0 heterocycles. The fourth-order valence-corrected chi connectivity index (χ4v) is 23.8. The normalized spacial score (nSPS) is 13.0. The van der Waals surface area contributed by atoms with Crippen LogP contribution in [0.5, 0.6) is 0 Å². The summed E-state index contributed by atoms with van der Waals surface area (Å²) >= 11 is -2.88. The van der Waals surface area contributed by atoms with Crippen molar-refractivity contribution in [1.29, 1.82) is 0 Å². The van der Waals surface area contributed by atoms with E-state index in [-0.39, 0.29) is 0 Å². The van der Waals surface area contributed by atoms with Crippen LogP contribution in [0.25, 0.3) is 0 Å². The van der Waals surface area contributed by atoms with Gasteiger partial charge >= 0.3 is 166 Å². The summed E-state index contributed by atoms with van der Waals surface area (Å²) < 4.78 is 9.91. The summed E-state index contributed by atoms with van der Waals surface area (Å²) in [6.07, 6.45) is 7.69. The van der Waals surface area contributed by atoms with Gasteiger partial charge in [0.25, 0.3) is 0 Å². The standard InChI is InChI=1S/3C6H14N.C3H7.Sn/c3*1-3-5-7-6-4-2;1-3-2;/h3*3-6H2,1-2H3;3H,1-2H3;/q3*-1;;+3. The van der Waals surface area contributed by atoms with Crippen molar-refractivity contribution in [3.05, 3.63) is 0 Å². The zero-order chi connectivity index (χ0) is 19.3. The second-order valence-electron chi connectivity index (χ2n) is 7.80. The van der Waals surface area contributed by atoms with Crippen molar-refractivity contribution in [2.24, 2.45) is 0 Å². The zero-order valence-electron chi connectivity index (χ0n) is 18.9. The van der Waals surface area contributed by atoms with Crippen LogP contribution in [-0.4, -0.2) is 67.8 Å². The Morgan fingerprint density at radius 3 is 0.800 bits per heavy atom. The number of rotatable bonds is 16. The molecule has 0 aromatic heterocycles. The van der Waals surface area contributed by atoms with Crippen molar-refractivity contribution in [2.45, 2.75) is 97.8 Å². The molecule has 152 valence electrons. The predicted molar refractivity (Wildman–Crippen MR) is 117 cm³/mol. The monoisotopic (exact) mass is 463 g/mol. The molecule has 4 heteroatoms. The molecule has 0 bridgehead atoms. The second-order valence-corrected chi connectivity index (χ2v) is 20.4. The maximum atomic E-state index is 3.04. The molecule has 0 amide bonds. The first-order chi connectivity index (χ1) is 12.0. The predicted octanol–water partition coefficient (Wildman–Crippen LogP) is 5.70. The van der Waals surface area contributed by atoms with Gasteiger partial charge in [-0.25, -0.2) is 0 Å². The first-order valence-corrected chi connectivity index (χ1v) is 16.7. The third-order valence-corrected chi connectivity index (χ3v) is 21.4. The molecule has 0 saturated carbocycles. The third kappa shape index (κ3) is 6.97. The summed E-state index contributed by atoms with van der Waals surface area (Å²) in [5.74, 6) is 0. The van der Waals surface area contributed by atoms with Crippen LogP contribution in [0, 0.1) is 0 Å². The van der Waals surface area contributed by atoms with E-state index in [1.165, 1.54) is 77.8 Å².